The molecule has 88 valence electrons. The number of rotatable bonds is 2. The van der Waals surface area contributed by atoms with Gasteiger partial charge in [0.15, 0.2) is 0 Å². The minimum Gasteiger partial charge on any atom is -0.436 e. The summed E-state index contributed by atoms with van der Waals surface area (Å²) in [5.41, 5.74) is 5.53. The third-order valence-electron chi connectivity index (χ3n) is 1.89. The molecule has 0 saturated carbocycles. The lowest BCUT2D eigenvalue weighted by Crippen LogP contribution is -1.96. The fourth-order valence-corrected chi connectivity index (χ4v) is 1.95. The SMILES string of the molecule is Nc1ncnc(Oc2ccc(Br)cc2Cl)c1Cl. The topological polar surface area (TPSA) is 61.0 Å². The molecule has 0 aliphatic heterocycles. The lowest BCUT2D eigenvalue weighted by Gasteiger charge is -2.08. The van der Waals surface area contributed by atoms with Gasteiger partial charge in [0.25, 0.3) is 0 Å². The molecule has 2 N–H and O–H groups in total. The highest BCUT2D eigenvalue weighted by Crippen LogP contribution is 2.34. The minimum absolute atomic E-state index is 0.157. The third-order valence-corrected chi connectivity index (χ3v) is 3.03. The van der Waals surface area contributed by atoms with Crippen LogP contribution in [0.25, 0.3) is 0 Å². The van der Waals surface area contributed by atoms with Gasteiger partial charge in [0.2, 0.25) is 5.88 Å². The molecule has 0 atom stereocenters. The minimum atomic E-state index is 0.157. The maximum absolute atomic E-state index is 6.00. The summed E-state index contributed by atoms with van der Waals surface area (Å²) in [6.45, 7) is 0. The average Bonchev–Trinajstić information content (AvgIpc) is 2.28. The molecule has 0 spiro atoms. The Labute approximate surface area is 116 Å². The summed E-state index contributed by atoms with van der Waals surface area (Å²) in [6, 6.07) is 5.19. The van der Waals surface area contributed by atoms with E-state index in [4.69, 9.17) is 33.7 Å². The van der Waals surface area contributed by atoms with Crippen LogP contribution in [-0.4, -0.2) is 9.97 Å². The van der Waals surface area contributed by atoms with Crippen molar-refractivity contribution in [3.8, 4) is 11.6 Å². The second kappa shape index (κ2) is 5.08. The Morgan fingerprint density at radius 3 is 2.71 bits per heavy atom. The monoisotopic (exact) mass is 333 g/mol. The smallest absolute Gasteiger partial charge is 0.243 e. The summed E-state index contributed by atoms with van der Waals surface area (Å²) < 4.78 is 6.31. The Bertz CT molecular complexity index is 565. The number of nitrogen functional groups attached to an aromatic ring is 1. The second-order valence-electron chi connectivity index (χ2n) is 3.05. The number of halogens is 3. The van der Waals surface area contributed by atoms with Gasteiger partial charge in [-0.25, -0.2) is 4.98 Å². The van der Waals surface area contributed by atoms with Crippen molar-refractivity contribution in [3.63, 3.8) is 0 Å². The van der Waals surface area contributed by atoms with E-state index in [1.807, 2.05) is 0 Å². The molecule has 17 heavy (non-hydrogen) atoms. The van der Waals surface area contributed by atoms with Crippen molar-refractivity contribution in [1.29, 1.82) is 0 Å². The zero-order valence-electron chi connectivity index (χ0n) is 8.32. The van der Waals surface area contributed by atoms with E-state index in [1.54, 1.807) is 18.2 Å². The van der Waals surface area contributed by atoms with Crippen LogP contribution in [0.4, 0.5) is 5.82 Å². The van der Waals surface area contributed by atoms with Crippen LogP contribution in [0, 0.1) is 0 Å². The van der Waals surface area contributed by atoms with Crippen molar-refractivity contribution < 1.29 is 4.74 Å². The molecule has 4 nitrogen and oxygen atoms in total. The van der Waals surface area contributed by atoms with Crippen LogP contribution in [-0.2, 0) is 0 Å². The van der Waals surface area contributed by atoms with Crippen LogP contribution >= 0.6 is 39.1 Å². The van der Waals surface area contributed by atoms with Crippen molar-refractivity contribution >= 4 is 44.9 Å². The first-order chi connectivity index (χ1) is 8.08. The number of ether oxygens (including phenoxy) is 1. The van der Waals surface area contributed by atoms with Crippen molar-refractivity contribution in [1.82, 2.24) is 9.97 Å². The molecule has 0 bridgehead atoms. The number of hydrogen-bond donors (Lipinski definition) is 1. The summed E-state index contributed by atoms with van der Waals surface area (Å²) in [5.74, 6) is 0.767. The molecular formula is C10H6BrCl2N3O. The van der Waals surface area contributed by atoms with Crippen molar-refractivity contribution in [2.24, 2.45) is 0 Å². The molecule has 0 fully saturated rings. The van der Waals surface area contributed by atoms with E-state index in [1.165, 1.54) is 6.33 Å². The third kappa shape index (κ3) is 2.80. The Hall–Kier alpha value is -1.04. The number of benzene rings is 1. The lowest BCUT2D eigenvalue weighted by atomic mass is 10.3. The first-order valence-corrected chi connectivity index (χ1v) is 6.01. The Morgan fingerprint density at radius 1 is 1.24 bits per heavy atom. The lowest BCUT2D eigenvalue weighted by molar-refractivity contribution is 0.462. The van der Waals surface area contributed by atoms with E-state index in [-0.39, 0.29) is 16.7 Å². The zero-order valence-corrected chi connectivity index (χ0v) is 11.4. The van der Waals surface area contributed by atoms with Crippen molar-refractivity contribution in [3.05, 3.63) is 39.0 Å². The van der Waals surface area contributed by atoms with Crippen LogP contribution in [0.15, 0.2) is 29.0 Å². The first kappa shape index (κ1) is 12.4. The molecule has 0 aliphatic rings. The van der Waals surface area contributed by atoms with Gasteiger partial charge in [-0.3, -0.25) is 0 Å². The summed E-state index contributed by atoms with van der Waals surface area (Å²) in [7, 11) is 0. The normalized spacial score (nSPS) is 10.3. The highest BCUT2D eigenvalue weighted by atomic mass is 79.9. The molecule has 2 rings (SSSR count). The van der Waals surface area contributed by atoms with Crippen molar-refractivity contribution in [2.45, 2.75) is 0 Å². The first-order valence-electron chi connectivity index (χ1n) is 4.47. The van der Waals surface area contributed by atoms with Crippen LogP contribution in [0.2, 0.25) is 10.0 Å². The average molecular weight is 335 g/mol. The molecule has 1 aromatic heterocycles. The number of aromatic nitrogens is 2. The fraction of sp³-hybridized carbons (Fsp3) is 0. The standard InChI is InChI=1S/C10H6BrCl2N3O/c11-5-1-2-7(6(12)3-5)17-10-8(13)9(14)15-4-16-10/h1-4H,(H2,14,15,16). The number of nitrogens with two attached hydrogens (primary N) is 1. The van der Waals surface area contributed by atoms with Gasteiger partial charge in [0.05, 0.1) is 5.02 Å². The second-order valence-corrected chi connectivity index (χ2v) is 4.76. The van der Waals surface area contributed by atoms with Gasteiger partial charge >= 0.3 is 0 Å². The highest BCUT2D eigenvalue weighted by molar-refractivity contribution is 9.10. The molecule has 0 amide bonds. The molecular weight excluding hydrogens is 329 g/mol. The zero-order chi connectivity index (χ0) is 12.4. The largest absolute Gasteiger partial charge is 0.436 e. The van der Waals surface area contributed by atoms with Gasteiger partial charge in [0.1, 0.15) is 22.9 Å². The van der Waals surface area contributed by atoms with Crippen LogP contribution in [0.5, 0.6) is 11.6 Å². The predicted molar refractivity (Wildman–Crippen MR) is 70.7 cm³/mol. The van der Waals surface area contributed by atoms with E-state index >= 15 is 0 Å². The summed E-state index contributed by atoms with van der Waals surface area (Å²) in [4.78, 5) is 7.61. The fourth-order valence-electron chi connectivity index (χ4n) is 1.10. The van der Waals surface area contributed by atoms with E-state index in [2.05, 4.69) is 25.9 Å². The van der Waals surface area contributed by atoms with Crippen LogP contribution in [0.3, 0.4) is 0 Å². The quantitative estimate of drug-likeness (QED) is 0.904. The predicted octanol–water partition coefficient (Wildman–Crippen LogP) is 3.92. The summed E-state index contributed by atoms with van der Waals surface area (Å²) >= 11 is 15.2. The van der Waals surface area contributed by atoms with Crippen LogP contribution in [0.1, 0.15) is 0 Å². The van der Waals surface area contributed by atoms with E-state index in [0.717, 1.165) is 4.47 Å². The number of anilines is 1. The maximum Gasteiger partial charge on any atom is 0.243 e. The molecule has 0 unspecified atom stereocenters. The molecule has 1 heterocycles. The molecule has 1 aromatic carbocycles. The van der Waals surface area contributed by atoms with E-state index < -0.39 is 0 Å². The molecule has 2 aromatic rings. The molecule has 0 radical (unpaired) electrons. The Morgan fingerprint density at radius 2 is 2.00 bits per heavy atom. The van der Waals surface area contributed by atoms with E-state index in [9.17, 15) is 0 Å². The number of hydrogen-bond acceptors (Lipinski definition) is 4. The van der Waals surface area contributed by atoms with Gasteiger partial charge in [-0.1, -0.05) is 39.1 Å². The van der Waals surface area contributed by atoms with Gasteiger partial charge in [-0.2, -0.15) is 4.98 Å². The highest BCUT2D eigenvalue weighted by Gasteiger charge is 2.11. The van der Waals surface area contributed by atoms with Gasteiger partial charge in [-0.05, 0) is 18.2 Å². The van der Waals surface area contributed by atoms with Gasteiger partial charge in [0, 0.05) is 4.47 Å². The van der Waals surface area contributed by atoms with E-state index in [0.29, 0.717) is 10.8 Å². The molecule has 0 saturated heterocycles. The molecule has 7 heteroatoms. The van der Waals surface area contributed by atoms with Gasteiger partial charge in [-0.15, -0.1) is 0 Å². The summed E-state index contributed by atoms with van der Waals surface area (Å²) in [5, 5.41) is 0.596. The Kier molecular flexibility index (Phi) is 3.71. The van der Waals surface area contributed by atoms with Crippen LogP contribution < -0.4 is 10.5 Å². The summed E-state index contributed by atoms with van der Waals surface area (Å²) in [6.07, 6.45) is 1.27. The number of nitrogens with zero attached hydrogens (tertiary/aromatic N) is 2. The molecule has 0 aliphatic carbocycles. The maximum atomic E-state index is 6.00. The van der Waals surface area contributed by atoms with Crippen molar-refractivity contribution in [2.75, 3.05) is 5.73 Å². The Balaban J connectivity index is 2.35. The van der Waals surface area contributed by atoms with Gasteiger partial charge < -0.3 is 10.5 Å².